The van der Waals surface area contributed by atoms with E-state index in [2.05, 4.69) is 21.8 Å². The topological polar surface area (TPSA) is 58.6 Å². The van der Waals surface area contributed by atoms with E-state index in [4.69, 9.17) is 16.3 Å². The molecule has 1 aliphatic rings. The number of carbonyl (C=O) groups is 1. The first-order valence-electron chi connectivity index (χ1n) is 9.92. The molecule has 4 rings (SSSR count). The smallest absolute Gasteiger partial charge is 0.227 e. The van der Waals surface area contributed by atoms with Crippen LogP contribution in [0.2, 0.25) is 5.02 Å². The fraction of sp³-hybridized carbons (Fsp3) is 0.261. The molecule has 154 valence electrons. The summed E-state index contributed by atoms with van der Waals surface area (Å²) in [4.78, 5) is 25.5. The standard InChI is InChI=1S/C23H23ClN4O2/c1-17-15-27(11-12-28(17)23(29)13-18-5-3-2-4-6-18)21-14-22(26-16-25-21)30-20-9-7-19(24)8-10-20/h2-10,14,16-17H,11-13,15H2,1H3/t17-/m0/s1. The van der Waals surface area contributed by atoms with Gasteiger partial charge in [-0.1, -0.05) is 41.9 Å². The second-order valence-electron chi connectivity index (χ2n) is 7.31. The van der Waals surface area contributed by atoms with Crippen LogP contribution in [-0.4, -0.2) is 46.5 Å². The van der Waals surface area contributed by atoms with Crippen LogP contribution in [0.4, 0.5) is 5.82 Å². The van der Waals surface area contributed by atoms with Crippen molar-refractivity contribution in [2.45, 2.75) is 19.4 Å². The summed E-state index contributed by atoms with van der Waals surface area (Å²) < 4.78 is 5.82. The number of anilines is 1. The lowest BCUT2D eigenvalue weighted by Gasteiger charge is -2.40. The molecule has 1 aromatic heterocycles. The van der Waals surface area contributed by atoms with E-state index >= 15 is 0 Å². The summed E-state index contributed by atoms with van der Waals surface area (Å²) in [6, 6.07) is 18.9. The quantitative estimate of drug-likeness (QED) is 0.616. The van der Waals surface area contributed by atoms with Crippen LogP contribution in [0, 0.1) is 0 Å². The van der Waals surface area contributed by atoms with Gasteiger partial charge in [0.15, 0.2) is 0 Å². The van der Waals surface area contributed by atoms with Gasteiger partial charge in [0.05, 0.1) is 6.42 Å². The normalized spacial score (nSPS) is 16.4. The predicted molar refractivity (Wildman–Crippen MR) is 117 cm³/mol. The number of ether oxygens (including phenoxy) is 1. The molecule has 3 aromatic rings. The third kappa shape index (κ3) is 4.89. The van der Waals surface area contributed by atoms with Crippen molar-refractivity contribution in [3.8, 4) is 11.6 Å². The molecular weight excluding hydrogens is 400 g/mol. The highest BCUT2D eigenvalue weighted by Gasteiger charge is 2.28. The lowest BCUT2D eigenvalue weighted by molar-refractivity contribution is -0.132. The van der Waals surface area contributed by atoms with Gasteiger partial charge in [-0.2, -0.15) is 0 Å². The summed E-state index contributed by atoms with van der Waals surface area (Å²) in [5.41, 5.74) is 1.04. The second kappa shape index (κ2) is 9.13. The zero-order chi connectivity index (χ0) is 20.9. The Morgan fingerprint density at radius 2 is 1.87 bits per heavy atom. The number of carbonyl (C=O) groups excluding carboxylic acids is 1. The largest absolute Gasteiger partial charge is 0.439 e. The Balaban J connectivity index is 1.39. The van der Waals surface area contributed by atoms with Crippen molar-refractivity contribution in [1.29, 1.82) is 0 Å². The Morgan fingerprint density at radius 1 is 1.10 bits per heavy atom. The van der Waals surface area contributed by atoms with Crippen molar-refractivity contribution in [2.24, 2.45) is 0 Å². The predicted octanol–water partition coefficient (Wildman–Crippen LogP) is 4.20. The maximum Gasteiger partial charge on any atom is 0.227 e. The summed E-state index contributed by atoms with van der Waals surface area (Å²) in [6.45, 7) is 4.14. The van der Waals surface area contributed by atoms with Gasteiger partial charge in [0.1, 0.15) is 17.9 Å². The number of hydrogen-bond acceptors (Lipinski definition) is 5. The first-order valence-corrected chi connectivity index (χ1v) is 10.3. The third-order valence-corrected chi connectivity index (χ3v) is 5.39. The van der Waals surface area contributed by atoms with Crippen LogP contribution >= 0.6 is 11.6 Å². The lowest BCUT2D eigenvalue weighted by Crippen LogP contribution is -2.54. The minimum absolute atomic E-state index is 0.0885. The van der Waals surface area contributed by atoms with E-state index in [-0.39, 0.29) is 11.9 Å². The third-order valence-electron chi connectivity index (χ3n) is 5.13. The van der Waals surface area contributed by atoms with Crippen LogP contribution in [0.3, 0.4) is 0 Å². The van der Waals surface area contributed by atoms with Crippen LogP contribution in [0.25, 0.3) is 0 Å². The minimum Gasteiger partial charge on any atom is -0.439 e. The summed E-state index contributed by atoms with van der Waals surface area (Å²) in [6.07, 6.45) is 1.93. The van der Waals surface area contributed by atoms with E-state index in [0.717, 1.165) is 11.4 Å². The van der Waals surface area contributed by atoms with Gasteiger partial charge in [-0.15, -0.1) is 0 Å². The number of halogens is 1. The van der Waals surface area contributed by atoms with Gasteiger partial charge in [-0.25, -0.2) is 9.97 Å². The molecule has 1 amide bonds. The van der Waals surface area contributed by atoms with Gasteiger partial charge in [0.25, 0.3) is 0 Å². The van der Waals surface area contributed by atoms with Crippen LogP contribution in [-0.2, 0) is 11.2 Å². The molecule has 2 aromatic carbocycles. The van der Waals surface area contributed by atoms with E-state index in [9.17, 15) is 4.79 Å². The molecule has 7 heteroatoms. The van der Waals surface area contributed by atoms with Gasteiger partial charge in [-0.05, 0) is 36.8 Å². The minimum atomic E-state index is 0.0885. The molecule has 0 saturated carbocycles. The van der Waals surface area contributed by atoms with Crippen molar-refractivity contribution >= 4 is 23.3 Å². The highest BCUT2D eigenvalue weighted by Crippen LogP contribution is 2.25. The Kier molecular flexibility index (Phi) is 6.14. The Hall–Kier alpha value is -3.12. The molecule has 1 aliphatic heterocycles. The van der Waals surface area contributed by atoms with E-state index in [1.165, 1.54) is 6.33 Å². The molecule has 0 spiro atoms. The fourth-order valence-corrected chi connectivity index (χ4v) is 3.72. The SMILES string of the molecule is C[C@H]1CN(c2cc(Oc3ccc(Cl)cc3)ncn2)CCN1C(=O)Cc1ccccc1. The van der Waals surface area contributed by atoms with Crippen molar-refractivity contribution in [1.82, 2.24) is 14.9 Å². The number of nitrogens with zero attached hydrogens (tertiary/aromatic N) is 4. The summed E-state index contributed by atoms with van der Waals surface area (Å²) in [7, 11) is 0. The van der Waals surface area contributed by atoms with Crippen LogP contribution in [0.5, 0.6) is 11.6 Å². The Bertz CT molecular complexity index is 998. The van der Waals surface area contributed by atoms with Gasteiger partial charge < -0.3 is 14.5 Å². The first-order chi connectivity index (χ1) is 14.6. The molecule has 1 saturated heterocycles. The molecule has 1 atom stereocenters. The van der Waals surface area contributed by atoms with Gasteiger partial charge in [-0.3, -0.25) is 4.79 Å². The van der Waals surface area contributed by atoms with Crippen molar-refractivity contribution in [3.63, 3.8) is 0 Å². The molecule has 1 fully saturated rings. The zero-order valence-electron chi connectivity index (χ0n) is 16.7. The van der Waals surface area contributed by atoms with Crippen LogP contribution < -0.4 is 9.64 Å². The van der Waals surface area contributed by atoms with E-state index in [1.807, 2.05) is 41.3 Å². The molecule has 0 bridgehead atoms. The summed E-state index contributed by atoms with van der Waals surface area (Å²) >= 11 is 5.92. The molecular formula is C23H23ClN4O2. The number of benzene rings is 2. The molecule has 0 N–H and O–H groups in total. The second-order valence-corrected chi connectivity index (χ2v) is 7.75. The molecule has 0 radical (unpaired) electrons. The maximum absolute atomic E-state index is 12.8. The number of aromatic nitrogens is 2. The number of amides is 1. The van der Waals surface area contributed by atoms with Crippen molar-refractivity contribution < 1.29 is 9.53 Å². The first kappa shape index (κ1) is 20.2. The van der Waals surface area contributed by atoms with Crippen molar-refractivity contribution in [2.75, 3.05) is 24.5 Å². The number of hydrogen-bond donors (Lipinski definition) is 0. The number of piperazine rings is 1. The molecule has 2 heterocycles. The van der Waals surface area contributed by atoms with Crippen LogP contribution in [0.15, 0.2) is 67.0 Å². The fourth-order valence-electron chi connectivity index (χ4n) is 3.59. The maximum atomic E-state index is 12.8. The monoisotopic (exact) mass is 422 g/mol. The average molecular weight is 423 g/mol. The van der Waals surface area contributed by atoms with Crippen LogP contribution in [0.1, 0.15) is 12.5 Å². The molecule has 30 heavy (non-hydrogen) atoms. The number of rotatable bonds is 5. The van der Waals surface area contributed by atoms with Gasteiger partial charge in [0, 0.05) is 36.8 Å². The molecule has 0 aliphatic carbocycles. The van der Waals surface area contributed by atoms with E-state index in [0.29, 0.717) is 42.7 Å². The Morgan fingerprint density at radius 3 is 2.60 bits per heavy atom. The molecule has 0 unspecified atom stereocenters. The van der Waals surface area contributed by atoms with Crippen molar-refractivity contribution in [3.05, 3.63) is 77.6 Å². The highest BCUT2D eigenvalue weighted by atomic mass is 35.5. The van der Waals surface area contributed by atoms with Gasteiger partial charge in [0.2, 0.25) is 11.8 Å². The zero-order valence-corrected chi connectivity index (χ0v) is 17.5. The van der Waals surface area contributed by atoms with E-state index in [1.54, 1.807) is 24.3 Å². The summed E-state index contributed by atoms with van der Waals surface area (Å²) in [5.74, 6) is 2.07. The summed E-state index contributed by atoms with van der Waals surface area (Å²) in [5, 5.41) is 0.652. The Labute approximate surface area is 181 Å². The highest BCUT2D eigenvalue weighted by molar-refractivity contribution is 6.30. The van der Waals surface area contributed by atoms with Gasteiger partial charge >= 0.3 is 0 Å². The molecule has 6 nitrogen and oxygen atoms in total. The average Bonchev–Trinajstić information content (AvgIpc) is 2.76. The lowest BCUT2D eigenvalue weighted by atomic mass is 10.1. The van der Waals surface area contributed by atoms with E-state index < -0.39 is 0 Å².